The molecule has 0 spiro atoms. The number of amides is 1. The number of thiophene rings is 1. The van der Waals surface area contributed by atoms with Crippen LogP contribution in [0.15, 0.2) is 35.7 Å². The first kappa shape index (κ1) is 14.6. The summed E-state index contributed by atoms with van der Waals surface area (Å²) in [6.07, 6.45) is 1.06. The third kappa shape index (κ3) is 3.12. The lowest BCUT2D eigenvalue weighted by molar-refractivity contribution is -0.923. The Morgan fingerprint density at radius 3 is 3.05 bits per heavy atom. The Morgan fingerprint density at radius 2 is 2.24 bits per heavy atom. The zero-order valence-corrected chi connectivity index (χ0v) is 13.4. The number of hydrogen-bond acceptors (Lipinski definition) is 2. The molecule has 2 atom stereocenters. The van der Waals surface area contributed by atoms with Gasteiger partial charge in [-0.15, -0.1) is 11.3 Å². The van der Waals surface area contributed by atoms with Gasteiger partial charge < -0.3 is 10.2 Å². The van der Waals surface area contributed by atoms with E-state index in [4.69, 9.17) is 11.6 Å². The van der Waals surface area contributed by atoms with Gasteiger partial charge in [0.05, 0.1) is 17.3 Å². The molecule has 2 heterocycles. The summed E-state index contributed by atoms with van der Waals surface area (Å²) >= 11 is 7.90. The summed E-state index contributed by atoms with van der Waals surface area (Å²) < 4.78 is 0. The number of benzene rings is 1. The number of para-hydroxylation sites is 1. The molecule has 0 bridgehead atoms. The van der Waals surface area contributed by atoms with Gasteiger partial charge >= 0.3 is 0 Å². The number of carbonyl (C=O) groups excluding carboxylic acids is 1. The maximum atomic E-state index is 12.2. The van der Waals surface area contributed by atoms with Crippen LogP contribution in [0.4, 0.5) is 5.69 Å². The zero-order chi connectivity index (χ0) is 14.8. The number of fused-ring (bicyclic) bond motifs is 1. The highest BCUT2D eigenvalue weighted by molar-refractivity contribution is 7.10. The van der Waals surface area contributed by atoms with Gasteiger partial charge in [-0.25, -0.2) is 0 Å². The molecule has 0 aliphatic carbocycles. The summed E-state index contributed by atoms with van der Waals surface area (Å²) in [4.78, 5) is 15.0. The van der Waals surface area contributed by atoms with E-state index in [2.05, 4.69) is 23.7 Å². The predicted molar refractivity (Wildman–Crippen MR) is 87.2 cm³/mol. The second-order valence-corrected chi connectivity index (χ2v) is 6.79. The Morgan fingerprint density at radius 1 is 1.43 bits per heavy atom. The Hall–Kier alpha value is -1.36. The molecule has 2 N–H and O–H groups in total. The summed E-state index contributed by atoms with van der Waals surface area (Å²) in [5.41, 5.74) is 2.08. The number of rotatable bonds is 3. The van der Waals surface area contributed by atoms with Crippen LogP contribution in [-0.4, -0.2) is 19.0 Å². The Labute approximate surface area is 133 Å². The fourth-order valence-corrected chi connectivity index (χ4v) is 4.02. The SMILES string of the molecule is C[C@@H]1c2ccsc2CC[NH+]1CC(=O)Nc1ccccc1Cl. The van der Waals surface area contributed by atoms with E-state index in [1.807, 2.05) is 29.5 Å². The Bertz CT molecular complexity index is 655. The highest BCUT2D eigenvalue weighted by Gasteiger charge is 2.29. The fraction of sp³-hybridized carbons (Fsp3) is 0.312. The molecule has 1 aromatic carbocycles. The molecule has 1 amide bonds. The smallest absolute Gasteiger partial charge is 0.279 e. The predicted octanol–water partition coefficient (Wildman–Crippen LogP) is 2.54. The van der Waals surface area contributed by atoms with Crippen LogP contribution in [-0.2, 0) is 11.2 Å². The topological polar surface area (TPSA) is 33.5 Å². The van der Waals surface area contributed by atoms with Gasteiger partial charge in [-0.05, 0) is 30.5 Å². The molecule has 3 rings (SSSR count). The minimum absolute atomic E-state index is 0.0172. The molecule has 21 heavy (non-hydrogen) atoms. The molecule has 1 aliphatic rings. The van der Waals surface area contributed by atoms with E-state index in [0.717, 1.165) is 13.0 Å². The lowest BCUT2D eigenvalue weighted by Crippen LogP contribution is -3.14. The van der Waals surface area contributed by atoms with Gasteiger partial charge in [0.25, 0.3) is 5.91 Å². The molecule has 0 saturated carbocycles. The highest BCUT2D eigenvalue weighted by atomic mass is 35.5. The van der Waals surface area contributed by atoms with Gasteiger partial charge in [0.15, 0.2) is 6.54 Å². The number of carbonyl (C=O) groups is 1. The van der Waals surface area contributed by atoms with Crippen molar-refractivity contribution in [1.29, 1.82) is 0 Å². The quantitative estimate of drug-likeness (QED) is 0.895. The van der Waals surface area contributed by atoms with E-state index in [1.54, 1.807) is 6.07 Å². The van der Waals surface area contributed by atoms with Gasteiger partial charge in [0, 0.05) is 16.9 Å². The van der Waals surface area contributed by atoms with Crippen molar-refractivity contribution in [2.24, 2.45) is 0 Å². The summed E-state index contributed by atoms with van der Waals surface area (Å²) in [6, 6.07) is 9.90. The summed E-state index contributed by atoms with van der Waals surface area (Å²) in [5, 5.41) is 5.63. The van der Waals surface area contributed by atoms with Crippen LogP contribution in [0.3, 0.4) is 0 Å². The van der Waals surface area contributed by atoms with E-state index >= 15 is 0 Å². The normalized spacial score (nSPS) is 20.9. The second-order valence-electron chi connectivity index (χ2n) is 5.38. The van der Waals surface area contributed by atoms with E-state index in [0.29, 0.717) is 23.3 Å². The molecular weight excluding hydrogens is 304 g/mol. The number of halogens is 1. The molecule has 0 fully saturated rings. The monoisotopic (exact) mass is 321 g/mol. The van der Waals surface area contributed by atoms with E-state index < -0.39 is 0 Å². The van der Waals surface area contributed by atoms with E-state index in [9.17, 15) is 4.79 Å². The van der Waals surface area contributed by atoms with Crippen molar-refractivity contribution in [1.82, 2.24) is 0 Å². The van der Waals surface area contributed by atoms with Crippen molar-refractivity contribution < 1.29 is 9.69 Å². The van der Waals surface area contributed by atoms with E-state index in [1.165, 1.54) is 15.3 Å². The molecule has 5 heteroatoms. The Balaban J connectivity index is 1.65. The van der Waals surface area contributed by atoms with Crippen molar-refractivity contribution >= 4 is 34.5 Å². The summed E-state index contributed by atoms with van der Waals surface area (Å²) in [5.74, 6) is 0.0172. The first-order chi connectivity index (χ1) is 10.1. The molecule has 0 radical (unpaired) electrons. The van der Waals surface area contributed by atoms with Crippen LogP contribution >= 0.6 is 22.9 Å². The lowest BCUT2D eigenvalue weighted by atomic mass is 10.0. The molecule has 110 valence electrons. The van der Waals surface area contributed by atoms with Crippen LogP contribution < -0.4 is 10.2 Å². The summed E-state index contributed by atoms with van der Waals surface area (Å²) in [6.45, 7) is 3.68. The average molecular weight is 322 g/mol. The van der Waals surface area contributed by atoms with Gasteiger partial charge in [-0.1, -0.05) is 23.7 Å². The number of hydrogen-bond donors (Lipinski definition) is 2. The van der Waals surface area contributed by atoms with Gasteiger partial charge in [0.1, 0.15) is 6.04 Å². The molecule has 1 unspecified atom stereocenters. The maximum absolute atomic E-state index is 12.2. The van der Waals surface area contributed by atoms with Gasteiger partial charge in [0.2, 0.25) is 0 Å². The molecule has 3 nitrogen and oxygen atoms in total. The molecule has 1 aromatic heterocycles. The fourth-order valence-electron chi connectivity index (χ4n) is 2.85. The average Bonchev–Trinajstić information content (AvgIpc) is 2.94. The van der Waals surface area contributed by atoms with Crippen LogP contribution in [0.2, 0.25) is 5.02 Å². The number of anilines is 1. The van der Waals surface area contributed by atoms with Crippen LogP contribution in [0.1, 0.15) is 23.4 Å². The third-order valence-corrected chi connectivity index (χ3v) is 5.39. The van der Waals surface area contributed by atoms with E-state index in [-0.39, 0.29) is 5.91 Å². The maximum Gasteiger partial charge on any atom is 0.279 e. The lowest BCUT2D eigenvalue weighted by Gasteiger charge is -2.29. The van der Waals surface area contributed by atoms with Crippen molar-refractivity contribution in [3.05, 3.63) is 51.2 Å². The van der Waals surface area contributed by atoms with Gasteiger partial charge in [-0.2, -0.15) is 0 Å². The standard InChI is InChI=1S/C16H17ClN2OS/c1-11-12-7-9-21-15(12)6-8-19(11)10-16(20)18-14-5-3-2-4-13(14)17/h2-5,7,9,11H,6,8,10H2,1H3,(H,18,20)/p+1/t11-/m1/s1. The van der Waals surface area contributed by atoms with Crippen LogP contribution in [0.5, 0.6) is 0 Å². The van der Waals surface area contributed by atoms with Crippen molar-refractivity contribution in [2.75, 3.05) is 18.4 Å². The zero-order valence-electron chi connectivity index (χ0n) is 11.9. The molecular formula is C16H18ClN2OS+. The first-order valence-electron chi connectivity index (χ1n) is 7.10. The van der Waals surface area contributed by atoms with Crippen molar-refractivity contribution in [3.8, 4) is 0 Å². The largest absolute Gasteiger partial charge is 0.321 e. The van der Waals surface area contributed by atoms with Crippen molar-refractivity contribution in [2.45, 2.75) is 19.4 Å². The highest BCUT2D eigenvalue weighted by Crippen LogP contribution is 2.24. The first-order valence-corrected chi connectivity index (χ1v) is 8.36. The number of quaternary nitrogens is 1. The minimum Gasteiger partial charge on any atom is -0.321 e. The molecule has 0 saturated heterocycles. The summed E-state index contributed by atoms with van der Waals surface area (Å²) in [7, 11) is 0. The minimum atomic E-state index is 0.0172. The van der Waals surface area contributed by atoms with Crippen LogP contribution in [0, 0.1) is 0 Å². The Kier molecular flexibility index (Phi) is 4.29. The van der Waals surface area contributed by atoms with Gasteiger partial charge in [-0.3, -0.25) is 4.79 Å². The van der Waals surface area contributed by atoms with Crippen LogP contribution in [0.25, 0.3) is 0 Å². The molecule has 1 aliphatic heterocycles. The molecule has 2 aromatic rings. The number of nitrogens with one attached hydrogen (secondary N) is 2. The second kappa shape index (κ2) is 6.18. The third-order valence-electron chi connectivity index (χ3n) is 4.07. The van der Waals surface area contributed by atoms with Crippen molar-refractivity contribution in [3.63, 3.8) is 0 Å².